The highest BCUT2D eigenvalue weighted by molar-refractivity contribution is 5.99. The van der Waals surface area contributed by atoms with Crippen molar-refractivity contribution in [3.05, 3.63) is 23.3 Å². The Balaban J connectivity index is 2.73. The van der Waals surface area contributed by atoms with Gasteiger partial charge in [-0.2, -0.15) is 0 Å². The maximum Gasteiger partial charge on any atom is 0.166 e. The van der Waals surface area contributed by atoms with E-state index in [1.807, 2.05) is 0 Å². The van der Waals surface area contributed by atoms with Gasteiger partial charge in [0.1, 0.15) is 11.5 Å². The molecule has 0 saturated heterocycles. The smallest absolute Gasteiger partial charge is 0.166 e. The molecule has 0 unspecified atom stereocenters. The molecule has 0 saturated carbocycles. The predicted molar refractivity (Wildman–Crippen MR) is 86.1 cm³/mol. The molecule has 1 rings (SSSR count). The molecule has 0 aromatic heterocycles. The van der Waals surface area contributed by atoms with Gasteiger partial charge in [-0.05, 0) is 30.9 Å². The Morgan fingerprint density at radius 1 is 0.905 bits per heavy atom. The van der Waals surface area contributed by atoms with Crippen LogP contribution >= 0.6 is 0 Å². The minimum Gasteiger partial charge on any atom is -0.508 e. The van der Waals surface area contributed by atoms with Crippen molar-refractivity contribution < 1.29 is 15.0 Å². The molecule has 1 aromatic rings. The molecule has 1 aromatic carbocycles. The van der Waals surface area contributed by atoms with Crippen molar-refractivity contribution in [1.29, 1.82) is 0 Å². The highest BCUT2D eigenvalue weighted by Gasteiger charge is 2.14. The van der Waals surface area contributed by atoms with E-state index < -0.39 is 0 Å². The molecule has 0 aliphatic carbocycles. The number of Topliss-reactive ketones (excluding diaryl/α,β-unsaturated/α-hetero) is 1. The highest BCUT2D eigenvalue weighted by atomic mass is 16.3. The fourth-order valence-corrected chi connectivity index (χ4v) is 2.46. The Bertz CT molecular complexity index is 452. The topological polar surface area (TPSA) is 57.5 Å². The molecule has 2 N–H and O–H groups in total. The van der Waals surface area contributed by atoms with E-state index in [0.717, 1.165) is 44.1 Å². The molecule has 0 bridgehead atoms. The van der Waals surface area contributed by atoms with Gasteiger partial charge < -0.3 is 10.2 Å². The first-order valence-corrected chi connectivity index (χ1v) is 8.18. The molecule has 0 aliphatic rings. The second-order valence-electron chi connectivity index (χ2n) is 5.69. The van der Waals surface area contributed by atoms with Crippen molar-refractivity contribution in [2.24, 2.45) is 0 Å². The van der Waals surface area contributed by atoms with Gasteiger partial charge in [0.15, 0.2) is 5.78 Å². The number of unbranched alkanes of at least 4 members (excludes halogenated alkanes) is 5. The lowest BCUT2D eigenvalue weighted by Crippen LogP contribution is -2.01. The minimum absolute atomic E-state index is 0.0317. The molecule has 0 aliphatic heterocycles. The van der Waals surface area contributed by atoms with Crippen LogP contribution in [0.3, 0.4) is 0 Å². The van der Waals surface area contributed by atoms with Crippen molar-refractivity contribution >= 4 is 5.78 Å². The molecular weight excluding hydrogens is 264 g/mol. The molecule has 3 nitrogen and oxygen atoms in total. The van der Waals surface area contributed by atoms with E-state index in [-0.39, 0.29) is 17.3 Å². The maximum atomic E-state index is 12.1. The molecule has 21 heavy (non-hydrogen) atoms. The van der Waals surface area contributed by atoms with E-state index in [1.54, 1.807) is 6.07 Å². The summed E-state index contributed by atoms with van der Waals surface area (Å²) in [7, 11) is 0. The number of carbonyl (C=O) groups is 1. The van der Waals surface area contributed by atoms with Crippen molar-refractivity contribution in [2.75, 3.05) is 0 Å². The minimum atomic E-state index is -0.105. The van der Waals surface area contributed by atoms with Crippen LogP contribution in [0.25, 0.3) is 0 Å². The number of aromatic hydroxyl groups is 2. The molecular formula is C18H28O3. The number of ketones is 1. The van der Waals surface area contributed by atoms with Crippen LogP contribution in [0.5, 0.6) is 11.5 Å². The number of phenolic OH excluding ortho intramolecular Hbond substituents is 2. The Morgan fingerprint density at radius 2 is 1.57 bits per heavy atom. The van der Waals surface area contributed by atoms with Gasteiger partial charge in [-0.1, -0.05) is 46.0 Å². The van der Waals surface area contributed by atoms with Crippen LogP contribution < -0.4 is 0 Å². The highest BCUT2D eigenvalue weighted by Crippen LogP contribution is 2.30. The Morgan fingerprint density at radius 3 is 2.24 bits per heavy atom. The zero-order valence-corrected chi connectivity index (χ0v) is 13.3. The summed E-state index contributed by atoms with van der Waals surface area (Å²) < 4.78 is 0. The van der Waals surface area contributed by atoms with Gasteiger partial charge in [0.25, 0.3) is 0 Å². The fourth-order valence-electron chi connectivity index (χ4n) is 2.46. The summed E-state index contributed by atoms with van der Waals surface area (Å²) in [5.74, 6) is -0.0452. The quantitative estimate of drug-likeness (QED) is 0.472. The van der Waals surface area contributed by atoms with Crippen molar-refractivity contribution in [3.63, 3.8) is 0 Å². The molecule has 118 valence electrons. The third-order valence-electron chi connectivity index (χ3n) is 3.80. The number of rotatable bonds is 10. The average Bonchev–Trinajstić information content (AvgIpc) is 2.45. The van der Waals surface area contributed by atoms with E-state index in [2.05, 4.69) is 13.8 Å². The van der Waals surface area contributed by atoms with Crippen molar-refractivity contribution in [3.8, 4) is 11.5 Å². The first-order valence-electron chi connectivity index (χ1n) is 8.18. The second kappa shape index (κ2) is 9.43. The molecule has 3 heteroatoms. The third-order valence-corrected chi connectivity index (χ3v) is 3.80. The summed E-state index contributed by atoms with van der Waals surface area (Å²) in [6.07, 6.45) is 8.62. The Kier molecular flexibility index (Phi) is 7.88. The summed E-state index contributed by atoms with van der Waals surface area (Å²) in [5, 5.41) is 19.8. The molecule has 0 fully saturated rings. The largest absolute Gasteiger partial charge is 0.508 e. The Hall–Kier alpha value is -1.51. The molecule has 0 spiro atoms. The summed E-state index contributed by atoms with van der Waals surface area (Å²) in [6, 6.07) is 2.98. The van der Waals surface area contributed by atoms with E-state index in [4.69, 9.17) is 0 Å². The average molecular weight is 292 g/mol. The number of benzene rings is 1. The van der Waals surface area contributed by atoms with Gasteiger partial charge >= 0.3 is 0 Å². The lowest BCUT2D eigenvalue weighted by molar-refractivity contribution is 0.0976. The van der Waals surface area contributed by atoms with Crippen LogP contribution in [-0.2, 0) is 6.42 Å². The van der Waals surface area contributed by atoms with Crippen LogP contribution in [0.2, 0.25) is 0 Å². The number of hydrogen-bond donors (Lipinski definition) is 2. The van der Waals surface area contributed by atoms with Crippen molar-refractivity contribution in [1.82, 2.24) is 0 Å². The number of aryl methyl sites for hydroxylation is 1. The van der Waals surface area contributed by atoms with Gasteiger partial charge in [0.05, 0.1) is 5.56 Å². The molecule has 0 atom stereocenters. The van der Waals surface area contributed by atoms with Crippen LogP contribution in [0.4, 0.5) is 0 Å². The maximum absolute atomic E-state index is 12.1. The predicted octanol–water partition coefficient (Wildman–Crippen LogP) is 4.98. The lowest BCUT2D eigenvalue weighted by Gasteiger charge is -2.10. The van der Waals surface area contributed by atoms with Crippen LogP contribution in [0.15, 0.2) is 12.1 Å². The fraction of sp³-hybridized carbons (Fsp3) is 0.611. The molecule has 0 radical (unpaired) electrons. The van der Waals surface area contributed by atoms with E-state index in [9.17, 15) is 15.0 Å². The number of hydrogen-bond acceptors (Lipinski definition) is 3. The lowest BCUT2D eigenvalue weighted by atomic mass is 9.98. The molecule has 0 heterocycles. The van der Waals surface area contributed by atoms with E-state index in [0.29, 0.717) is 12.0 Å². The standard InChI is InChI=1S/C18H28O3/c1-3-5-7-9-10-14-12-15(18(21)13-17(14)20)16(19)11-8-6-4-2/h12-13,20-21H,3-11H2,1-2H3. The normalized spacial score (nSPS) is 10.8. The Labute approximate surface area is 128 Å². The summed E-state index contributed by atoms with van der Waals surface area (Å²) in [4.78, 5) is 12.1. The monoisotopic (exact) mass is 292 g/mol. The van der Waals surface area contributed by atoms with Gasteiger partial charge in [-0.25, -0.2) is 0 Å². The van der Waals surface area contributed by atoms with Gasteiger partial charge in [0.2, 0.25) is 0 Å². The zero-order chi connectivity index (χ0) is 15.7. The second-order valence-corrected chi connectivity index (χ2v) is 5.69. The SMILES string of the molecule is CCCCCCc1cc(C(=O)CCCCC)c(O)cc1O. The molecule has 0 amide bonds. The number of phenols is 2. The van der Waals surface area contributed by atoms with Crippen LogP contribution in [-0.4, -0.2) is 16.0 Å². The number of carbonyl (C=O) groups excluding carboxylic acids is 1. The van der Waals surface area contributed by atoms with E-state index in [1.165, 1.54) is 18.9 Å². The summed E-state index contributed by atoms with van der Waals surface area (Å²) >= 11 is 0. The summed E-state index contributed by atoms with van der Waals surface area (Å²) in [5.41, 5.74) is 1.12. The first kappa shape index (κ1) is 17.5. The van der Waals surface area contributed by atoms with Gasteiger partial charge in [-0.15, -0.1) is 0 Å². The third kappa shape index (κ3) is 5.78. The van der Waals surface area contributed by atoms with Gasteiger partial charge in [0, 0.05) is 12.5 Å². The first-order chi connectivity index (χ1) is 10.1. The van der Waals surface area contributed by atoms with Gasteiger partial charge in [-0.3, -0.25) is 4.79 Å². The van der Waals surface area contributed by atoms with E-state index >= 15 is 0 Å². The summed E-state index contributed by atoms with van der Waals surface area (Å²) in [6.45, 7) is 4.25. The van der Waals surface area contributed by atoms with Crippen molar-refractivity contribution in [2.45, 2.75) is 71.6 Å². The zero-order valence-electron chi connectivity index (χ0n) is 13.3. The van der Waals surface area contributed by atoms with Crippen LogP contribution in [0, 0.1) is 0 Å². The van der Waals surface area contributed by atoms with Crippen LogP contribution in [0.1, 0.15) is 81.1 Å².